The molecule has 1 rings (SSSR count). The molecule has 5 heteroatoms. The molecular weight excluding hydrogens is 284 g/mol. The smallest absolute Gasteiger partial charge is 0.243 e. The monoisotopic (exact) mass is 308 g/mol. The third-order valence-corrected chi connectivity index (χ3v) is 5.09. The fourth-order valence-corrected chi connectivity index (χ4v) is 3.87. The summed E-state index contributed by atoms with van der Waals surface area (Å²) >= 11 is 0. The standard InChI is InChI=1S/C16H24N2O2S/c1-5-10-18(11-6-2)21(19,20)16-12-14(13-17-4)8-9-15(16)7-3/h5-6,8-9,12,17H,1-2,7,10-11,13H2,3-4H3. The maximum atomic E-state index is 12.9. The van der Waals surface area contributed by atoms with Crippen molar-refractivity contribution in [3.63, 3.8) is 0 Å². The van der Waals surface area contributed by atoms with Crippen LogP contribution in [-0.4, -0.2) is 32.9 Å². The third-order valence-electron chi connectivity index (χ3n) is 3.18. The molecule has 1 aromatic rings. The number of benzene rings is 1. The van der Waals surface area contributed by atoms with Crippen LogP contribution in [0.2, 0.25) is 0 Å². The van der Waals surface area contributed by atoms with Gasteiger partial charge in [0.2, 0.25) is 10.0 Å². The lowest BCUT2D eigenvalue weighted by molar-refractivity contribution is 0.473. The van der Waals surface area contributed by atoms with Crippen molar-refractivity contribution in [2.24, 2.45) is 0 Å². The van der Waals surface area contributed by atoms with E-state index in [1.165, 1.54) is 4.31 Å². The summed E-state index contributed by atoms with van der Waals surface area (Å²) in [7, 11) is -1.71. The number of nitrogens with zero attached hydrogens (tertiary/aromatic N) is 1. The summed E-state index contributed by atoms with van der Waals surface area (Å²) in [5, 5.41) is 3.04. The fourth-order valence-electron chi connectivity index (χ4n) is 2.14. The Balaban J connectivity index is 3.35. The quantitative estimate of drug-likeness (QED) is 0.712. The molecule has 0 saturated carbocycles. The molecule has 21 heavy (non-hydrogen) atoms. The van der Waals surface area contributed by atoms with Crippen LogP contribution >= 0.6 is 0 Å². The molecule has 1 N–H and O–H groups in total. The van der Waals surface area contributed by atoms with Gasteiger partial charge in [0.05, 0.1) is 4.90 Å². The highest BCUT2D eigenvalue weighted by Crippen LogP contribution is 2.22. The number of nitrogens with one attached hydrogen (secondary N) is 1. The number of hydrogen-bond donors (Lipinski definition) is 1. The second kappa shape index (κ2) is 8.12. The molecule has 0 bridgehead atoms. The molecule has 0 aliphatic carbocycles. The molecule has 0 atom stereocenters. The molecule has 0 spiro atoms. The second-order valence-corrected chi connectivity index (χ2v) is 6.63. The molecule has 4 nitrogen and oxygen atoms in total. The largest absolute Gasteiger partial charge is 0.316 e. The van der Waals surface area contributed by atoms with Crippen LogP contribution in [0.1, 0.15) is 18.1 Å². The molecule has 1 aromatic carbocycles. The minimum atomic E-state index is -3.55. The SMILES string of the molecule is C=CCN(CC=C)S(=O)(=O)c1cc(CNC)ccc1CC. The van der Waals surface area contributed by atoms with E-state index in [1.807, 2.05) is 26.1 Å². The van der Waals surface area contributed by atoms with Crippen molar-refractivity contribution in [1.29, 1.82) is 0 Å². The highest BCUT2D eigenvalue weighted by Gasteiger charge is 2.25. The zero-order valence-electron chi connectivity index (χ0n) is 12.8. The van der Waals surface area contributed by atoms with Crippen molar-refractivity contribution in [3.8, 4) is 0 Å². The van der Waals surface area contributed by atoms with Crippen LogP contribution in [-0.2, 0) is 23.0 Å². The minimum Gasteiger partial charge on any atom is -0.316 e. The van der Waals surface area contributed by atoms with Gasteiger partial charge in [-0.25, -0.2) is 8.42 Å². The Morgan fingerprint density at radius 3 is 2.33 bits per heavy atom. The lowest BCUT2D eigenvalue weighted by atomic mass is 10.1. The average Bonchev–Trinajstić information content (AvgIpc) is 2.47. The lowest BCUT2D eigenvalue weighted by Gasteiger charge is -2.21. The molecule has 0 fully saturated rings. The summed E-state index contributed by atoms with van der Waals surface area (Å²) in [4.78, 5) is 0.376. The van der Waals surface area contributed by atoms with Gasteiger partial charge < -0.3 is 5.32 Å². The first-order valence-corrected chi connectivity index (χ1v) is 8.43. The highest BCUT2D eigenvalue weighted by atomic mass is 32.2. The normalized spacial score (nSPS) is 11.6. The Hall–Kier alpha value is -1.43. The Morgan fingerprint density at radius 2 is 1.86 bits per heavy atom. The number of sulfonamides is 1. The summed E-state index contributed by atoms with van der Waals surface area (Å²) in [5.74, 6) is 0. The maximum absolute atomic E-state index is 12.9. The van der Waals surface area contributed by atoms with Gasteiger partial charge in [0.1, 0.15) is 0 Å². The average molecular weight is 308 g/mol. The maximum Gasteiger partial charge on any atom is 0.243 e. The molecule has 0 aromatic heterocycles. The van der Waals surface area contributed by atoms with Crippen LogP contribution in [0, 0.1) is 0 Å². The van der Waals surface area contributed by atoms with Crippen molar-refractivity contribution < 1.29 is 8.42 Å². The first-order chi connectivity index (χ1) is 10.0. The van der Waals surface area contributed by atoms with Gasteiger partial charge in [0, 0.05) is 19.6 Å². The topological polar surface area (TPSA) is 49.4 Å². The summed E-state index contributed by atoms with van der Waals surface area (Å²) in [5.41, 5.74) is 1.78. The van der Waals surface area contributed by atoms with E-state index in [1.54, 1.807) is 18.2 Å². The van der Waals surface area contributed by atoms with Crippen LogP contribution < -0.4 is 5.32 Å². The molecule has 0 saturated heterocycles. The van der Waals surface area contributed by atoms with Crippen molar-refractivity contribution >= 4 is 10.0 Å². The van der Waals surface area contributed by atoms with E-state index in [0.717, 1.165) is 11.1 Å². The molecule has 0 radical (unpaired) electrons. The molecular formula is C16H24N2O2S. The van der Waals surface area contributed by atoms with Gasteiger partial charge in [-0.3, -0.25) is 0 Å². The molecule has 116 valence electrons. The number of rotatable bonds is 9. The van der Waals surface area contributed by atoms with Crippen molar-refractivity contribution in [1.82, 2.24) is 9.62 Å². The minimum absolute atomic E-state index is 0.272. The van der Waals surface area contributed by atoms with Crippen LogP contribution in [0.15, 0.2) is 48.4 Å². The fraction of sp³-hybridized carbons (Fsp3) is 0.375. The number of aryl methyl sites for hydroxylation is 1. The van der Waals surface area contributed by atoms with Gasteiger partial charge in [-0.05, 0) is 30.7 Å². The molecule has 0 heterocycles. The van der Waals surface area contributed by atoms with Crippen LogP contribution in [0.25, 0.3) is 0 Å². The van der Waals surface area contributed by atoms with Crippen LogP contribution in [0.4, 0.5) is 0 Å². The van der Waals surface area contributed by atoms with Crippen LogP contribution in [0.3, 0.4) is 0 Å². The zero-order chi connectivity index (χ0) is 15.9. The van der Waals surface area contributed by atoms with Gasteiger partial charge in [-0.2, -0.15) is 4.31 Å². The van der Waals surface area contributed by atoms with E-state index < -0.39 is 10.0 Å². The Bertz CT molecular complexity index is 584. The molecule has 0 aliphatic heterocycles. The third kappa shape index (κ3) is 4.27. The van der Waals surface area contributed by atoms with Crippen molar-refractivity contribution in [2.45, 2.75) is 24.8 Å². The van der Waals surface area contributed by atoms with E-state index in [4.69, 9.17) is 0 Å². The summed E-state index contributed by atoms with van der Waals surface area (Å²) in [6.07, 6.45) is 3.85. The lowest BCUT2D eigenvalue weighted by Crippen LogP contribution is -2.32. The first-order valence-electron chi connectivity index (χ1n) is 6.99. The zero-order valence-corrected chi connectivity index (χ0v) is 13.6. The highest BCUT2D eigenvalue weighted by molar-refractivity contribution is 7.89. The molecule has 0 aliphatic rings. The van der Waals surface area contributed by atoms with Crippen molar-refractivity contribution in [2.75, 3.05) is 20.1 Å². The van der Waals surface area contributed by atoms with E-state index in [9.17, 15) is 8.42 Å². The Labute approximate surface area is 128 Å². The van der Waals surface area contributed by atoms with E-state index in [0.29, 0.717) is 17.9 Å². The molecule has 0 unspecified atom stereocenters. The summed E-state index contributed by atoms with van der Waals surface area (Å²) in [6, 6.07) is 5.60. The predicted octanol–water partition coefficient (Wildman–Crippen LogP) is 2.33. The van der Waals surface area contributed by atoms with Gasteiger partial charge in [-0.1, -0.05) is 31.2 Å². The summed E-state index contributed by atoms with van der Waals surface area (Å²) < 4.78 is 27.1. The molecule has 0 amide bonds. The van der Waals surface area contributed by atoms with E-state index >= 15 is 0 Å². The van der Waals surface area contributed by atoms with Crippen molar-refractivity contribution in [3.05, 3.63) is 54.6 Å². The van der Waals surface area contributed by atoms with Gasteiger partial charge in [0.15, 0.2) is 0 Å². The van der Waals surface area contributed by atoms with E-state index in [2.05, 4.69) is 18.5 Å². The summed E-state index contributed by atoms with van der Waals surface area (Å²) in [6.45, 7) is 10.4. The van der Waals surface area contributed by atoms with Crippen LogP contribution in [0.5, 0.6) is 0 Å². The van der Waals surface area contributed by atoms with Gasteiger partial charge in [-0.15, -0.1) is 13.2 Å². The Kier molecular flexibility index (Phi) is 6.81. The second-order valence-electron chi connectivity index (χ2n) is 4.73. The van der Waals surface area contributed by atoms with Gasteiger partial charge in [0.25, 0.3) is 0 Å². The number of hydrogen-bond acceptors (Lipinski definition) is 3. The predicted molar refractivity (Wildman–Crippen MR) is 87.7 cm³/mol. The van der Waals surface area contributed by atoms with E-state index in [-0.39, 0.29) is 13.1 Å². The Morgan fingerprint density at radius 1 is 1.24 bits per heavy atom. The van der Waals surface area contributed by atoms with Gasteiger partial charge >= 0.3 is 0 Å². The first kappa shape index (κ1) is 17.6.